The van der Waals surface area contributed by atoms with Gasteiger partial charge in [-0.05, 0) is 42.8 Å². The summed E-state index contributed by atoms with van der Waals surface area (Å²) in [5.74, 6) is 1.10. The molecule has 1 aliphatic rings. The Morgan fingerprint density at radius 2 is 1.97 bits per heavy atom. The molecule has 0 unspecified atom stereocenters. The van der Waals surface area contributed by atoms with Gasteiger partial charge in [0, 0.05) is 22.5 Å². The van der Waals surface area contributed by atoms with Crippen LogP contribution >= 0.6 is 11.3 Å². The molecule has 0 bridgehead atoms. The van der Waals surface area contributed by atoms with Crippen molar-refractivity contribution in [2.24, 2.45) is 0 Å². The predicted octanol–water partition coefficient (Wildman–Crippen LogP) is 3.39. The maximum Gasteiger partial charge on any atom is 0.257 e. The molecule has 8 nitrogen and oxygen atoms in total. The Morgan fingerprint density at radius 3 is 2.77 bits per heavy atom. The lowest BCUT2D eigenvalue weighted by Gasteiger charge is -2.06. The second-order valence-corrected chi connectivity index (χ2v) is 9.63. The third-order valence-corrected chi connectivity index (χ3v) is 6.02. The number of nitrogens with one attached hydrogen (secondary N) is 2. The molecule has 0 atom stereocenters. The quantitative estimate of drug-likeness (QED) is 0.602. The van der Waals surface area contributed by atoms with Gasteiger partial charge in [-0.25, -0.2) is 13.4 Å². The number of hydrogen-bond acceptors (Lipinski definition) is 7. The number of benzene rings is 2. The maximum absolute atomic E-state index is 12.6. The van der Waals surface area contributed by atoms with E-state index in [1.807, 2.05) is 25.1 Å². The number of aryl methyl sites for hydroxylation is 1. The van der Waals surface area contributed by atoms with E-state index in [-0.39, 0.29) is 12.7 Å². The van der Waals surface area contributed by atoms with Crippen molar-refractivity contribution in [3.05, 3.63) is 64.2 Å². The van der Waals surface area contributed by atoms with Crippen LogP contribution in [0.15, 0.2) is 42.5 Å². The molecular formula is C20H19N3O5S2. The first kappa shape index (κ1) is 20.2. The van der Waals surface area contributed by atoms with Gasteiger partial charge in [0.1, 0.15) is 0 Å². The van der Waals surface area contributed by atoms with Gasteiger partial charge in [0.2, 0.25) is 16.8 Å². The molecule has 0 fully saturated rings. The van der Waals surface area contributed by atoms with Crippen LogP contribution in [0, 0.1) is 6.92 Å². The molecule has 0 saturated heterocycles. The van der Waals surface area contributed by atoms with E-state index in [0.717, 1.165) is 33.9 Å². The van der Waals surface area contributed by atoms with E-state index < -0.39 is 10.0 Å². The van der Waals surface area contributed by atoms with E-state index in [4.69, 9.17) is 9.47 Å². The molecule has 4 rings (SSSR count). The maximum atomic E-state index is 12.6. The van der Waals surface area contributed by atoms with Gasteiger partial charge in [0.15, 0.2) is 16.6 Å². The molecule has 2 N–H and O–H groups in total. The molecule has 1 amide bonds. The van der Waals surface area contributed by atoms with Gasteiger partial charge in [-0.15, -0.1) is 11.3 Å². The molecule has 1 aromatic heterocycles. The monoisotopic (exact) mass is 445 g/mol. The Hall–Kier alpha value is -3.11. The van der Waals surface area contributed by atoms with Crippen LogP contribution in [0.1, 0.15) is 26.5 Å². The highest BCUT2D eigenvalue weighted by molar-refractivity contribution is 7.92. The lowest BCUT2D eigenvalue weighted by molar-refractivity contribution is 0.102. The van der Waals surface area contributed by atoms with Gasteiger partial charge in [-0.1, -0.05) is 12.1 Å². The zero-order valence-corrected chi connectivity index (χ0v) is 17.9. The van der Waals surface area contributed by atoms with Crippen molar-refractivity contribution in [3.63, 3.8) is 0 Å². The summed E-state index contributed by atoms with van der Waals surface area (Å²) in [6.07, 6.45) is 1.71. The zero-order valence-electron chi connectivity index (χ0n) is 16.3. The third-order valence-electron chi connectivity index (χ3n) is 4.34. The number of amides is 1. The van der Waals surface area contributed by atoms with Crippen molar-refractivity contribution in [1.29, 1.82) is 0 Å². The van der Waals surface area contributed by atoms with Gasteiger partial charge in [0.25, 0.3) is 5.91 Å². The Balaban J connectivity index is 1.47. The topological polar surface area (TPSA) is 107 Å². The summed E-state index contributed by atoms with van der Waals surface area (Å²) < 4.78 is 35.9. The minimum atomic E-state index is -3.42. The van der Waals surface area contributed by atoms with Crippen molar-refractivity contribution >= 4 is 38.1 Å². The van der Waals surface area contributed by atoms with Crippen LogP contribution in [0.4, 0.5) is 10.8 Å². The molecular weight excluding hydrogens is 426 g/mol. The van der Waals surface area contributed by atoms with Crippen LogP contribution in [0.3, 0.4) is 0 Å². The van der Waals surface area contributed by atoms with E-state index in [1.165, 1.54) is 17.4 Å². The molecule has 3 aromatic rings. The van der Waals surface area contributed by atoms with E-state index >= 15 is 0 Å². The number of sulfonamides is 1. The lowest BCUT2D eigenvalue weighted by Crippen LogP contribution is -2.13. The number of carbonyl (C=O) groups excluding carboxylic acids is 1. The Bertz CT molecular complexity index is 1220. The average Bonchev–Trinajstić information content (AvgIpc) is 3.26. The number of aromatic nitrogens is 1. The second kappa shape index (κ2) is 7.96. The first-order valence-corrected chi connectivity index (χ1v) is 11.7. The molecule has 0 radical (unpaired) electrons. The van der Waals surface area contributed by atoms with Crippen LogP contribution in [0.5, 0.6) is 11.5 Å². The van der Waals surface area contributed by atoms with E-state index in [2.05, 4.69) is 15.0 Å². The number of rotatable bonds is 6. The largest absolute Gasteiger partial charge is 0.454 e. The molecule has 10 heteroatoms. The molecule has 30 heavy (non-hydrogen) atoms. The second-order valence-electron chi connectivity index (χ2n) is 6.80. The third kappa shape index (κ3) is 4.71. The van der Waals surface area contributed by atoms with E-state index in [1.54, 1.807) is 18.2 Å². The van der Waals surface area contributed by atoms with Gasteiger partial charge in [-0.2, -0.15) is 0 Å². The summed E-state index contributed by atoms with van der Waals surface area (Å²) in [6, 6.07) is 12.1. The predicted molar refractivity (Wildman–Crippen MR) is 115 cm³/mol. The number of carbonyl (C=O) groups is 1. The summed E-state index contributed by atoms with van der Waals surface area (Å²) in [4.78, 5) is 18.1. The number of nitrogens with zero attached hydrogens (tertiary/aromatic N) is 1. The van der Waals surface area contributed by atoms with Crippen LogP contribution < -0.4 is 19.5 Å². The molecule has 156 valence electrons. The van der Waals surface area contributed by atoms with Crippen molar-refractivity contribution in [2.75, 3.05) is 23.1 Å². The van der Waals surface area contributed by atoms with Crippen LogP contribution in [0.25, 0.3) is 0 Å². The summed E-state index contributed by atoms with van der Waals surface area (Å²) >= 11 is 1.40. The van der Waals surface area contributed by atoms with Gasteiger partial charge in [0.05, 0.1) is 11.9 Å². The summed E-state index contributed by atoms with van der Waals surface area (Å²) in [6.45, 7) is 2.13. The average molecular weight is 446 g/mol. The van der Waals surface area contributed by atoms with Gasteiger partial charge >= 0.3 is 0 Å². The molecule has 0 spiro atoms. The van der Waals surface area contributed by atoms with Crippen LogP contribution in [0.2, 0.25) is 0 Å². The molecule has 0 aliphatic carbocycles. The van der Waals surface area contributed by atoms with Crippen molar-refractivity contribution in [2.45, 2.75) is 13.3 Å². The molecule has 2 heterocycles. The van der Waals surface area contributed by atoms with Crippen molar-refractivity contribution in [3.8, 4) is 11.5 Å². The smallest absolute Gasteiger partial charge is 0.257 e. The van der Waals surface area contributed by atoms with Crippen molar-refractivity contribution in [1.82, 2.24) is 4.98 Å². The zero-order chi connectivity index (χ0) is 21.3. The summed E-state index contributed by atoms with van der Waals surface area (Å²) in [5.41, 5.74) is 2.54. The SMILES string of the molecule is Cc1nc(NC(=O)c2cccc(NS(C)(=O)=O)c2)sc1Cc1ccc2c(c1)OCO2. The van der Waals surface area contributed by atoms with Gasteiger partial charge in [-0.3, -0.25) is 14.8 Å². The minimum Gasteiger partial charge on any atom is -0.454 e. The van der Waals surface area contributed by atoms with Crippen LogP contribution in [-0.4, -0.2) is 32.4 Å². The number of ether oxygens (including phenoxy) is 2. The van der Waals surface area contributed by atoms with Crippen molar-refractivity contribution < 1.29 is 22.7 Å². The Labute approximate surface area is 177 Å². The minimum absolute atomic E-state index is 0.232. The molecule has 2 aromatic carbocycles. The number of thiazole rings is 1. The first-order chi connectivity index (χ1) is 14.3. The number of fused-ring (bicyclic) bond motifs is 1. The molecule has 0 saturated carbocycles. The fourth-order valence-corrected chi connectivity index (χ4v) is 4.54. The normalized spacial score (nSPS) is 12.6. The standard InChI is InChI=1S/C20H19N3O5S2/c1-12-18(9-13-6-7-16-17(8-13)28-11-27-16)29-20(21-12)22-19(24)14-4-3-5-15(10-14)23-30(2,25)26/h3-8,10,23H,9,11H2,1-2H3,(H,21,22,24). The summed E-state index contributed by atoms with van der Waals surface area (Å²) in [7, 11) is -3.42. The highest BCUT2D eigenvalue weighted by Crippen LogP contribution is 2.34. The number of anilines is 2. The Kier molecular flexibility index (Phi) is 5.35. The first-order valence-electron chi connectivity index (χ1n) is 9.01. The van der Waals surface area contributed by atoms with E-state index in [9.17, 15) is 13.2 Å². The highest BCUT2D eigenvalue weighted by atomic mass is 32.2. The van der Waals surface area contributed by atoms with Crippen LogP contribution in [-0.2, 0) is 16.4 Å². The van der Waals surface area contributed by atoms with Gasteiger partial charge < -0.3 is 9.47 Å². The Morgan fingerprint density at radius 1 is 1.17 bits per heavy atom. The number of hydrogen-bond donors (Lipinski definition) is 2. The van der Waals surface area contributed by atoms with E-state index in [0.29, 0.717) is 22.8 Å². The summed E-state index contributed by atoms with van der Waals surface area (Å²) in [5, 5.41) is 3.26. The fraction of sp³-hybridized carbons (Fsp3) is 0.200. The lowest BCUT2D eigenvalue weighted by atomic mass is 10.1. The fourth-order valence-electron chi connectivity index (χ4n) is 2.99. The molecule has 1 aliphatic heterocycles. The highest BCUT2D eigenvalue weighted by Gasteiger charge is 2.16.